The predicted octanol–water partition coefficient (Wildman–Crippen LogP) is 3.07. The first-order valence-corrected chi connectivity index (χ1v) is 10.6. The Hall–Kier alpha value is -2.80. The summed E-state index contributed by atoms with van der Waals surface area (Å²) >= 11 is 0. The second-order valence-corrected chi connectivity index (χ2v) is 8.75. The van der Waals surface area contributed by atoms with Gasteiger partial charge in [-0.25, -0.2) is 8.42 Å². The highest BCUT2D eigenvalue weighted by atomic mass is 32.2. The summed E-state index contributed by atoms with van der Waals surface area (Å²) < 4.78 is 31.1. The summed E-state index contributed by atoms with van der Waals surface area (Å²) in [7, 11) is -3.34. The van der Waals surface area contributed by atoms with E-state index in [2.05, 4.69) is 5.32 Å². The smallest absolute Gasteiger partial charge is 0.251 e. The lowest BCUT2D eigenvalue weighted by Crippen LogP contribution is -2.34. The zero-order valence-electron chi connectivity index (χ0n) is 15.1. The van der Waals surface area contributed by atoms with Crippen molar-refractivity contribution in [3.63, 3.8) is 0 Å². The number of carbonyl (C=O) groups excluding carboxylic acids is 1. The van der Waals surface area contributed by atoms with Gasteiger partial charge in [-0.05, 0) is 49.2 Å². The Kier molecular flexibility index (Phi) is 4.19. The van der Waals surface area contributed by atoms with Gasteiger partial charge in [-0.15, -0.1) is 0 Å². The molecule has 0 radical (unpaired) electrons. The van der Waals surface area contributed by atoms with E-state index in [0.717, 1.165) is 16.5 Å². The van der Waals surface area contributed by atoms with E-state index >= 15 is 0 Å². The molecular weight excluding hydrogens is 364 g/mol. The van der Waals surface area contributed by atoms with Crippen LogP contribution in [0, 0.1) is 0 Å². The highest BCUT2D eigenvalue weighted by Gasteiger charge is 2.32. The van der Waals surface area contributed by atoms with Gasteiger partial charge in [0, 0.05) is 17.0 Å². The maximum Gasteiger partial charge on any atom is 0.251 e. The number of rotatable bonds is 4. The fourth-order valence-corrected chi connectivity index (χ4v) is 4.91. The molecule has 0 aliphatic carbocycles. The number of benzene rings is 2. The SMILES string of the molecule is CC1Cc2cc(C(=O)NCc3cc4ccccc4o3)ccc2N1S(C)(=O)=O. The Morgan fingerprint density at radius 1 is 1.22 bits per heavy atom. The zero-order chi connectivity index (χ0) is 19.2. The minimum Gasteiger partial charge on any atom is -0.459 e. The first-order valence-electron chi connectivity index (χ1n) is 8.71. The molecule has 1 aliphatic rings. The number of anilines is 1. The van der Waals surface area contributed by atoms with E-state index in [-0.39, 0.29) is 18.5 Å². The molecule has 27 heavy (non-hydrogen) atoms. The average molecular weight is 384 g/mol. The van der Waals surface area contributed by atoms with Crippen molar-refractivity contribution in [1.29, 1.82) is 0 Å². The van der Waals surface area contributed by atoms with Crippen molar-refractivity contribution in [2.24, 2.45) is 0 Å². The Morgan fingerprint density at radius 2 is 2.00 bits per heavy atom. The molecule has 1 aliphatic heterocycles. The van der Waals surface area contributed by atoms with Crippen molar-refractivity contribution in [1.82, 2.24) is 5.32 Å². The van der Waals surface area contributed by atoms with Crippen LogP contribution in [0.1, 0.15) is 28.6 Å². The van der Waals surface area contributed by atoms with Crippen molar-refractivity contribution in [3.8, 4) is 0 Å². The number of hydrogen-bond donors (Lipinski definition) is 1. The molecule has 140 valence electrons. The van der Waals surface area contributed by atoms with Crippen LogP contribution in [-0.4, -0.2) is 26.6 Å². The van der Waals surface area contributed by atoms with Gasteiger partial charge in [0.1, 0.15) is 11.3 Å². The van der Waals surface area contributed by atoms with Gasteiger partial charge in [0.2, 0.25) is 10.0 Å². The largest absolute Gasteiger partial charge is 0.459 e. The van der Waals surface area contributed by atoms with E-state index in [1.165, 1.54) is 10.6 Å². The Balaban J connectivity index is 1.51. The van der Waals surface area contributed by atoms with Crippen LogP contribution in [0.15, 0.2) is 52.9 Å². The number of nitrogens with zero attached hydrogens (tertiary/aromatic N) is 1. The van der Waals surface area contributed by atoms with E-state index < -0.39 is 10.0 Å². The zero-order valence-corrected chi connectivity index (χ0v) is 15.9. The molecule has 1 aromatic heterocycles. The fourth-order valence-electron chi connectivity index (χ4n) is 3.64. The first kappa shape index (κ1) is 17.6. The summed E-state index contributed by atoms with van der Waals surface area (Å²) in [5.41, 5.74) is 2.81. The minimum atomic E-state index is -3.34. The standard InChI is InChI=1S/C20H20N2O4S/c1-13-9-16-10-15(7-8-18(16)22(13)27(2,24)25)20(23)21-12-17-11-14-5-3-4-6-19(14)26-17/h3-8,10-11,13H,9,12H2,1-2H3,(H,21,23). The highest BCUT2D eigenvalue weighted by Crippen LogP contribution is 2.34. The van der Waals surface area contributed by atoms with E-state index in [0.29, 0.717) is 23.4 Å². The quantitative estimate of drug-likeness (QED) is 0.750. The van der Waals surface area contributed by atoms with Crippen LogP contribution >= 0.6 is 0 Å². The van der Waals surface area contributed by atoms with Crippen LogP contribution in [0.2, 0.25) is 0 Å². The van der Waals surface area contributed by atoms with Gasteiger partial charge < -0.3 is 9.73 Å². The van der Waals surface area contributed by atoms with Crippen LogP contribution in [0.5, 0.6) is 0 Å². The molecule has 0 saturated heterocycles. The van der Waals surface area contributed by atoms with Gasteiger partial charge >= 0.3 is 0 Å². The molecule has 0 saturated carbocycles. The average Bonchev–Trinajstić information content (AvgIpc) is 3.17. The van der Waals surface area contributed by atoms with E-state index in [9.17, 15) is 13.2 Å². The van der Waals surface area contributed by atoms with Crippen LogP contribution < -0.4 is 9.62 Å². The molecule has 0 bridgehead atoms. The lowest BCUT2D eigenvalue weighted by atomic mass is 10.1. The van der Waals surface area contributed by atoms with Crippen LogP contribution in [-0.2, 0) is 23.0 Å². The summed E-state index contributed by atoms with van der Waals surface area (Å²) in [6.45, 7) is 2.15. The van der Waals surface area contributed by atoms with Crippen molar-refractivity contribution < 1.29 is 17.6 Å². The third-order valence-electron chi connectivity index (χ3n) is 4.75. The number of carbonyl (C=O) groups is 1. The van der Waals surface area contributed by atoms with Gasteiger partial charge in [-0.2, -0.15) is 0 Å². The van der Waals surface area contributed by atoms with Crippen LogP contribution in [0.4, 0.5) is 5.69 Å². The summed E-state index contributed by atoms with van der Waals surface area (Å²) in [5.74, 6) is 0.464. The monoisotopic (exact) mass is 384 g/mol. The summed E-state index contributed by atoms with van der Waals surface area (Å²) in [6, 6.07) is 14.6. The van der Waals surface area contributed by atoms with E-state index in [1.807, 2.05) is 37.3 Å². The maximum atomic E-state index is 12.5. The molecule has 2 heterocycles. The van der Waals surface area contributed by atoms with Crippen LogP contribution in [0.25, 0.3) is 11.0 Å². The summed E-state index contributed by atoms with van der Waals surface area (Å²) in [4.78, 5) is 12.5. The third-order valence-corrected chi connectivity index (χ3v) is 6.02. The lowest BCUT2D eigenvalue weighted by Gasteiger charge is -2.21. The minimum absolute atomic E-state index is 0.149. The molecule has 2 aromatic carbocycles. The molecule has 0 spiro atoms. The van der Waals surface area contributed by atoms with Gasteiger partial charge in [-0.3, -0.25) is 9.10 Å². The van der Waals surface area contributed by atoms with Gasteiger partial charge in [-0.1, -0.05) is 18.2 Å². The lowest BCUT2D eigenvalue weighted by molar-refractivity contribution is 0.0948. The van der Waals surface area contributed by atoms with Crippen LogP contribution in [0.3, 0.4) is 0 Å². The number of nitrogens with one attached hydrogen (secondary N) is 1. The molecular formula is C20H20N2O4S. The van der Waals surface area contributed by atoms with Crippen molar-refractivity contribution >= 4 is 32.6 Å². The molecule has 0 fully saturated rings. The second-order valence-electron chi connectivity index (χ2n) is 6.89. The Morgan fingerprint density at radius 3 is 2.74 bits per heavy atom. The van der Waals surface area contributed by atoms with Crippen molar-refractivity contribution in [3.05, 3.63) is 65.4 Å². The molecule has 1 amide bonds. The molecule has 6 nitrogen and oxygen atoms in total. The second kappa shape index (κ2) is 6.42. The number of furan rings is 1. The molecule has 7 heteroatoms. The number of sulfonamides is 1. The molecule has 3 aromatic rings. The summed E-state index contributed by atoms with van der Waals surface area (Å²) in [5, 5.41) is 3.85. The third kappa shape index (κ3) is 3.30. The maximum absolute atomic E-state index is 12.5. The number of amides is 1. The normalized spacial score (nSPS) is 16.5. The fraction of sp³-hybridized carbons (Fsp3) is 0.250. The molecule has 4 rings (SSSR count). The summed E-state index contributed by atoms with van der Waals surface area (Å²) in [6.07, 6.45) is 1.79. The molecule has 1 unspecified atom stereocenters. The van der Waals surface area contributed by atoms with Crippen molar-refractivity contribution in [2.75, 3.05) is 10.6 Å². The highest BCUT2D eigenvalue weighted by molar-refractivity contribution is 7.92. The number of fused-ring (bicyclic) bond motifs is 2. The number of para-hydroxylation sites is 1. The number of hydrogen-bond acceptors (Lipinski definition) is 4. The van der Waals surface area contributed by atoms with Crippen molar-refractivity contribution in [2.45, 2.75) is 25.9 Å². The molecule has 1 atom stereocenters. The van der Waals surface area contributed by atoms with E-state index in [4.69, 9.17) is 4.42 Å². The molecule has 1 N–H and O–H groups in total. The topological polar surface area (TPSA) is 79.6 Å². The Labute approximate surface area is 157 Å². The Bertz CT molecular complexity index is 1100. The predicted molar refractivity (Wildman–Crippen MR) is 104 cm³/mol. The van der Waals surface area contributed by atoms with Gasteiger partial charge in [0.15, 0.2) is 0 Å². The first-order chi connectivity index (χ1) is 12.8. The van der Waals surface area contributed by atoms with E-state index in [1.54, 1.807) is 18.2 Å². The van der Waals surface area contributed by atoms with Gasteiger partial charge in [0.25, 0.3) is 5.91 Å². The van der Waals surface area contributed by atoms with Gasteiger partial charge in [0.05, 0.1) is 18.5 Å².